The first-order valence-electron chi connectivity index (χ1n) is 10.6. The Hall–Kier alpha value is -1.32. The maximum atomic E-state index is 13.5. The topological polar surface area (TPSA) is 53.2 Å². The van der Waals surface area contributed by atoms with Crippen LogP contribution < -0.4 is 0 Å². The first-order valence-corrected chi connectivity index (χ1v) is 10.6. The summed E-state index contributed by atoms with van der Waals surface area (Å²) in [6.07, 6.45) is 2.21. The molecular weight excluding hydrogens is 379 g/mol. The number of methoxy groups -OCH3 is 1. The molecule has 0 aliphatic heterocycles. The van der Waals surface area contributed by atoms with Crippen LogP contribution in [0.3, 0.4) is 0 Å². The van der Waals surface area contributed by atoms with Crippen LogP contribution >= 0.6 is 0 Å². The van der Waals surface area contributed by atoms with Gasteiger partial charge in [-0.25, -0.2) is 0 Å². The number of fused-ring (bicyclic) bond motifs is 5. The molecule has 4 rings (SSSR count). The van der Waals surface area contributed by atoms with Crippen LogP contribution in [0.15, 0.2) is 23.3 Å². The molecule has 0 spiro atoms. The zero-order valence-corrected chi connectivity index (χ0v) is 17.4. The van der Waals surface area contributed by atoms with Crippen LogP contribution in [0.25, 0.3) is 0 Å². The predicted octanol–water partition coefficient (Wildman–Crippen LogP) is 5.32. The second-order valence-corrected chi connectivity index (χ2v) is 10.1. The Bertz CT molecular complexity index is 797. The number of rotatable bonds is 1. The molecule has 1 N–H and O–H groups in total. The van der Waals surface area contributed by atoms with Crippen molar-refractivity contribution in [1.82, 2.24) is 0 Å². The Morgan fingerprint density at radius 2 is 2.00 bits per heavy atom. The van der Waals surface area contributed by atoms with Gasteiger partial charge in [0.25, 0.3) is 0 Å². The number of nitriles is 1. The van der Waals surface area contributed by atoms with Gasteiger partial charge in [0.1, 0.15) is 0 Å². The second-order valence-electron chi connectivity index (χ2n) is 10.1. The fraction of sp³-hybridized carbons (Fsp3) is 0.783. The summed E-state index contributed by atoms with van der Waals surface area (Å²) >= 11 is 0. The molecule has 29 heavy (non-hydrogen) atoms. The van der Waals surface area contributed by atoms with E-state index in [1.54, 1.807) is 13.2 Å². The summed E-state index contributed by atoms with van der Waals surface area (Å²) in [5.41, 5.74) is -1.14. The molecular formula is C23H30F3NO2. The van der Waals surface area contributed by atoms with E-state index in [4.69, 9.17) is 4.74 Å². The third kappa shape index (κ3) is 2.84. The second kappa shape index (κ2) is 6.59. The molecule has 4 aliphatic rings. The first-order chi connectivity index (χ1) is 13.5. The van der Waals surface area contributed by atoms with E-state index in [-0.39, 0.29) is 35.7 Å². The summed E-state index contributed by atoms with van der Waals surface area (Å²) in [5, 5.41) is 19.5. The molecule has 0 saturated heterocycles. The minimum Gasteiger partial charge on any atom is -0.381 e. The summed E-state index contributed by atoms with van der Waals surface area (Å²) in [7, 11) is 1.70. The SMILES string of the molecule is CO[C@H]1C[C@]2(C)/C(=C\C#N)CC[C@H]2[C@@H]2CC=C3C[C@@](O)(C(F)(F)F)CC[C@]3(C)[C@H]21. The fourth-order valence-corrected chi connectivity index (χ4v) is 7.37. The third-order valence-corrected chi connectivity index (χ3v) is 9.00. The Kier molecular flexibility index (Phi) is 4.76. The zero-order valence-electron chi connectivity index (χ0n) is 17.4. The van der Waals surface area contributed by atoms with Crippen molar-refractivity contribution < 1.29 is 23.0 Å². The molecule has 0 unspecified atom stereocenters. The van der Waals surface area contributed by atoms with Crippen LogP contribution in [0.1, 0.15) is 58.8 Å². The van der Waals surface area contributed by atoms with Crippen LogP contribution in [-0.2, 0) is 4.74 Å². The fourth-order valence-electron chi connectivity index (χ4n) is 7.37. The Morgan fingerprint density at radius 1 is 1.28 bits per heavy atom. The van der Waals surface area contributed by atoms with E-state index in [1.165, 1.54) is 5.57 Å². The van der Waals surface area contributed by atoms with E-state index in [0.717, 1.165) is 31.3 Å². The quantitative estimate of drug-likeness (QED) is 0.471. The molecule has 3 nitrogen and oxygen atoms in total. The van der Waals surface area contributed by atoms with Gasteiger partial charge in [-0.05, 0) is 67.1 Å². The molecule has 3 saturated carbocycles. The molecule has 160 valence electrons. The maximum absolute atomic E-state index is 13.5. The van der Waals surface area contributed by atoms with Crippen LogP contribution in [0, 0.1) is 39.9 Å². The highest BCUT2D eigenvalue weighted by Gasteiger charge is 2.64. The monoisotopic (exact) mass is 409 g/mol. The average Bonchev–Trinajstić information content (AvgIpc) is 2.97. The van der Waals surface area contributed by atoms with Crippen molar-refractivity contribution in [2.75, 3.05) is 7.11 Å². The summed E-state index contributed by atoms with van der Waals surface area (Å²) in [4.78, 5) is 0. The number of alkyl halides is 3. The minimum absolute atomic E-state index is 0.0628. The molecule has 0 aromatic heterocycles. The van der Waals surface area contributed by atoms with Crippen LogP contribution in [0.2, 0.25) is 0 Å². The largest absolute Gasteiger partial charge is 0.417 e. The van der Waals surface area contributed by atoms with Gasteiger partial charge in [-0.3, -0.25) is 0 Å². The Morgan fingerprint density at radius 3 is 2.62 bits per heavy atom. The van der Waals surface area contributed by atoms with Gasteiger partial charge in [-0.15, -0.1) is 0 Å². The van der Waals surface area contributed by atoms with Gasteiger partial charge in [0.05, 0.1) is 12.2 Å². The average molecular weight is 409 g/mol. The van der Waals surface area contributed by atoms with Crippen molar-refractivity contribution >= 4 is 0 Å². The molecule has 4 aliphatic carbocycles. The molecule has 0 heterocycles. The van der Waals surface area contributed by atoms with E-state index < -0.39 is 11.8 Å². The molecule has 0 bridgehead atoms. The number of halogens is 3. The van der Waals surface area contributed by atoms with Gasteiger partial charge in [0.15, 0.2) is 5.60 Å². The van der Waals surface area contributed by atoms with Gasteiger partial charge in [-0.1, -0.05) is 31.1 Å². The molecule has 3 fully saturated rings. The molecule has 0 amide bonds. The number of aliphatic hydroxyl groups is 1. The zero-order chi connectivity index (χ0) is 21.2. The Balaban J connectivity index is 1.73. The summed E-state index contributed by atoms with van der Waals surface area (Å²) in [5.74, 6) is 0.885. The van der Waals surface area contributed by atoms with E-state index in [9.17, 15) is 23.5 Å². The van der Waals surface area contributed by atoms with Crippen LogP contribution in [0.5, 0.6) is 0 Å². The highest BCUT2D eigenvalue weighted by molar-refractivity contribution is 5.33. The van der Waals surface area contributed by atoms with E-state index in [0.29, 0.717) is 18.3 Å². The van der Waals surface area contributed by atoms with Crippen molar-refractivity contribution in [3.05, 3.63) is 23.3 Å². The van der Waals surface area contributed by atoms with Gasteiger partial charge in [0, 0.05) is 19.6 Å². The highest BCUT2D eigenvalue weighted by atomic mass is 19.4. The first kappa shape index (κ1) is 20.9. The van der Waals surface area contributed by atoms with Crippen molar-refractivity contribution in [3.63, 3.8) is 0 Å². The molecule has 0 aromatic carbocycles. The van der Waals surface area contributed by atoms with Crippen molar-refractivity contribution in [2.45, 2.75) is 76.7 Å². The van der Waals surface area contributed by atoms with Crippen molar-refractivity contribution in [3.8, 4) is 6.07 Å². The van der Waals surface area contributed by atoms with Crippen molar-refractivity contribution in [2.24, 2.45) is 28.6 Å². The van der Waals surface area contributed by atoms with E-state index >= 15 is 0 Å². The molecule has 0 aromatic rings. The molecule has 7 atom stereocenters. The lowest BCUT2D eigenvalue weighted by Gasteiger charge is -2.60. The standard InChI is InChI=1S/C23H30F3NO2/c1-20-9-10-22(28,23(24,25)26)12-15(20)4-6-16-17-7-5-14(8-11-27)21(17,2)13-18(29-3)19(16)20/h4,8,16-19,28H,5-7,9-10,12-13H2,1-3H3/b14-8-/t16-,17-,18-,19+,20-,21+,22+/m0/s1. The lowest BCUT2D eigenvalue weighted by atomic mass is 9.46. The van der Waals surface area contributed by atoms with Gasteiger partial charge in [-0.2, -0.15) is 18.4 Å². The maximum Gasteiger partial charge on any atom is 0.417 e. The van der Waals surface area contributed by atoms with Crippen molar-refractivity contribution in [1.29, 1.82) is 5.26 Å². The van der Waals surface area contributed by atoms with Gasteiger partial charge < -0.3 is 9.84 Å². The van der Waals surface area contributed by atoms with E-state index in [2.05, 4.69) is 19.9 Å². The summed E-state index contributed by atoms with van der Waals surface area (Å²) < 4.78 is 46.4. The smallest absolute Gasteiger partial charge is 0.381 e. The number of hydrogen-bond acceptors (Lipinski definition) is 3. The number of hydrogen-bond donors (Lipinski definition) is 1. The lowest BCUT2D eigenvalue weighted by Crippen LogP contribution is -2.59. The number of allylic oxidation sites excluding steroid dienone is 3. The van der Waals surface area contributed by atoms with Gasteiger partial charge in [0.2, 0.25) is 0 Å². The molecule has 6 heteroatoms. The third-order valence-electron chi connectivity index (χ3n) is 9.00. The predicted molar refractivity (Wildman–Crippen MR) is 103 cm³/mol. The lowest BCUT2D eigenvalue weighted by molar-refractivity contribution is -0.272. The molecule has 0 radical (unpaired) electrons. The summed E-state index contributed by atoms with van der Waals surface area (Å²) in [6, 6.07) is 2.20. The van der Waals surface area contributed by atoms with Crippen LogP contribution in [0.4, 0.5) is 13.2 Å². The Labute approximate surface area is 170 Å². The highest BCUT2D eigenvalue weighted by Crippen LogP contribution is 2.67. The number of ether oxygens (including phenoxy) is 1. The van der Waals surface area contributed by atoms with Gasteiger partial charge >= 0.3 is 6.18 Å². The minimum atomic E-state index is -4.61. The number of nitrogens with zero attached hydrogens (tertiary/aromatic N) is 1. The summed E-state index contributed by atoms with van der Waals surface area (Å²) in [6.45, 7) is 4.32. The normalized spacial score (nSPS) is 48.3. The van der Waals surface area contributed by atoms with E-state index in [1.807, 2.05) is 6.08 Å². The van der Waals surface area contributed by atoms with Crippen LogP contribution in [-0.4, -0.2) is 30.1 Å².